The Balaban J connectivity index is 1.33. The van der Waals surface area contributed by atoms with Gasteiger partial charge in [-0.2, -0.15) is 10.2 Å². The monoisotopic (exact) mass is 421 g/mol. The van der Waals surface area contributed by atoms with E-state index in [1.165, 1.54) is 0 Å². The van der Waals surface area contributed by atoms with Crippen molar-refractivity contribution in [3.8, 4) is 5.75 Å². The second-order valence-corrected chi connectivity index (χ2v) is 7.17. The lowest BCUT2D eigenvalue weighted by Crippen LogP contribution is -2.15. The van der Waals surface area contributed by atoms with Crippen LogP contribution in [0.5, 0.6) is 5.75 Å². The number of ether oxygens (including phenoxy) is 1. The van der Waals surface area contributed by atoms with Gasteiger partial charge in [-0.05, 0) is 42.3 Å². The van der Waals surface area contributed by atoms with E-state index in [9.17, 15) is 4.79 Å². The molecule has 0 aliphatic heterocycles. The van der Waals surface area contributed by atoms with E-state index in [-0.39, 0.29) is 18.3 Å². The highest BCUT2D eigenvalue weighted by Gasteiger charge is 2.12. The molecule has 2 heterocycles. The van der Waals surface area contributed by atoms with E-state index in [4.69, 9.17) is 16.3 Å². The van der Waals surface area contributed by atoms with Crippen molar-refractivity contribution >= 4 is 23.3 Å². The summed E-state index contributed by atoms with van der Waals surface area (Å²) in [6, 6.07) is 18.8. The van der Waals surface area contributed by atoms with Gasteiger partial charge in [0.1, 0.15) is 5.75 Å². The molecule has 4 aromatic rings. The number of hydrogen-bond acceptors (Lipinski definition) is 4. The SMILES string of the molecule is Cc1cc(OCn2ccc(C(=O)Nc3ccn(Cc4ccccc4)n3)n2)ccc1Cl. The number of benzene rings is 2. The van der Waals surface area contributed by atoms with Gasteiger partial charge in [-0.1, -0.05) is 41.9 Å². The lowest BCUT2D eigenvalue weighted by molar-refractivity contribution is 0.101. The number of anilines is 1. The van der Waals surface area contributed by atoms with Crippen molar-refractivity contribution < 1.29 is 9.53 Å². The fourth-order valence-corrected chi connectivity index (χ4v) is 2.99. The zero-order valence-electron chi connectivity index (χ0n) is 16.3. The molecule has 0 radical (unpaired) electrons. The van der Waals surface area contributed by atoms with E-state index >= 15 is 0 Å². The molecule has 1 N–H and O–H groups in total. The second-order valence-electron chi connectivity index (χ2n) is 6.76. The van der Waals surface area contributed by atoms with E-state index in [1.807, 2.05) is 49.5 Å². The van der Waals surface area contributed by atoms with Crippen molar-refractivity contribution in [2.24, 2.45) is 0 Å². The maximum absolute atomic E-state index is 12.5. The van der Waals surface area contributed by atoms with Crippen molar-refractivity contribution in [2.45, 2.75) is 20.2 Å². The molecule has 0 saturated carbocycles. The summed E-state index contributed by atoms with van der Waals surface area (Å²) in [6.45, 7) is 2.72. The average molecular weight is 422 g/mol. The van der Waals surface area contributed by atoms with Gasteiger partial charge >= 0.3 is 0 Å². The van der Waals surface area contributed by atoms with Crippen LogP contribution in [-0.4, -0.2) is 25.5 Å². The first kappa shape index (κ1) is 19.7. The summed E-state index contributed by atoms with van der Waals surface area (Å²) < 4.78 is 9.01. The molecule has 1 amide bonds. The van der Waals surface area contributed by atoms with Crippen LogP contribution in [0, 0.1) is 6.92 Å². The average Bonchev–Trinajstić information content (AvgIpc) is 3.39. The fraction of sp³-hybridized carbons (Fsp3) is 0.136. The van der Waals surface area contributed by atoms with E-state index < -0.39 is 0 Å². The van der Waals surface area contributed by atoms with Crippen molar-refractivity contribution in [3.63, 3.8) is 0 Å². The predicted octanol–water partition coefficient (Wildman–Crippen LogP) is 4.38. The molecule has 0 spiro atoms. The summed E-state index contributed by atoms with van der Waals surface area (Å²) >= 11 is 6.02. The normalized spacial score (nSPS) is 10.7. The van der Waals surface area contributed by atoms with Gasteiger partial charge in [0, 0.05) is 23.5 Å². The highest BCUT2D eigenvalue weighted by atomic mass is 35.5. The summed E-state index contributed by atoms with van der Waals surface area (Å²) in [5.74, 6) is 0.821. The summed E-state index contributed by atoms with van der Waals surface area (Å²) in [5.41, 5.74) is 2.35. The number of rotatable bonds is 7. The molecule has 0 aliphatic rings. The zero-order valence-corrected chi connectivity index (χ0v) is 17.1. The van der Waals surface area contributed by atoms with Gasteiger partial charge in [0.05, 0.1) is 6.54 Å². The van der Waals surface area contributed by atoms with E-state index in [1.54, 1.807) is 39.8 Å². The van der Waals surface area contributed by atoms with Crippen LogP contribution in [0.2, 0.25) is 5.02 Å². The Morgan fingerprint density at radius 2 is 1.83 bits per heavy atom. The highest BCUT2D eigenvalue weighted by molar-refractivity contribution is 6.31. The van der Waals surface area contributed by atoms with E-state index in [0.717, 1.165) is 11.1 Å². The molecule has 0 fully saturated rings. The number of amides is 1. The topological polar surface area (TPSA) is 74.0 Å². The third-order valence-corrected chi connectivity index (χ3v) is 4.86. The van der Waals surface area contributed by atoms with Gasteiger partial charge in [-0.25, -0.2) is 4.68 Å². The second kappa shape index (κ2) is 8.84. The number of aromatic nitrogens is 4. The Morgan fingerprint density at radius 1 is 1.03 bits per heavy atom. The summed E-state index contributed by atoms with van der Waals surface area (Å²) in [6.07, 6.45) is 3.51. The molecule has 2 aromatic heterocycles. The molecule has 0 atom stereocenters. The van der Waals surface area contributed by atoms with Gasteiger partial charge in [0.25, 0.3) is 5.91 Å². The molecular weight excluding hydrogens is 402 g/mol. The Morgan fingerprint density at radius 3 is 2.63 bits per heavy atom. The number of hydrogen-bond donors (Lipinski definition) is 1. The molecule has 0 saturated heterocycles. The van der Waals surface area contributed by atoms with Crippen LogP contribution in [0.15, 0.2) is 73.1 Å². The maximum atomic E-state index is 12.5. The van der Waals surface area contributed by atoms with Crippen molar-refractivity contribution in [1.82, 2.24) is 19.6 Å². The molecule has 0 bridgehead atoms. The summed E-state index contributed by atoms with van der Waals surface area (Å²) in [5, 5.41) is 12.1. The van der Waals surface area contributed by atoms with Gasteiger partial charge in [-0.15, -0.1) is 0 Å². The Kier molecular flexibility index (Phi) is 5.81. The first-order valence-electron chi connectivity index (χ1n) is 9.38. The molecule has 2 aromatic carbocycles. The van der Waals surface area contributed by atoms with Crippen LogP contribution in [0.4, 0.5) is 5.82 Å². The number of carbonyl (C=O) groups is 1. The number of aryl methyl sites for hydroxylation is 1. The van der Waals surface area contributed by atoms with Crippen LogP contribution < -0.4 is 10.1 Å². The Hall–Kier alpha value is -3.58. The van der Waals surface area contributed by atoms with Crippen LogP contribution in [0.3, 0.4) is 0 Å². The molecule has 4 rings (SSSR count). The van der Waals surface area contributed by atoms with Gasteiger partial charge in [0.15, 0.2) is 18.2 Å². The lowest BCUT2D eigenvalue weighted by atomic mass is 10.2. The standard InChI is InChI=1S/C22H20ClN5O2/c1-16-13-18(7-8-19(16)23)30-15-28-11-9-20(25-28)22(29)24-21-10-12-27(26-21)14-17-5-3-2-4-6-17/h2-13H,14-15H2,1H3,(H,24,26,29). The Labute approximate surface area is 178 Å². The maximum Gasteiger partial charge on any atom is 0.277 e. The third kappa shape index (κ3) is 4.87. The van der Waals surface area contributed by atoms with Crippen LogP contribution in [0.25, 0.3) is 0 Å². The molecule has 0 unspecified atom stereocenters. The minimum atomic E-state index is -0.332. The third-order valence-electron chi connectivity index (χ3n) is 4.44. The molecule has 0 aliphatic carbocycles. The number of nitrogens with one attached hydrogen (secondary N) is 1. The summed E-state index contributed by atoms with van der Waals surface area (Å²) in [4.78, 5) is 12.5. The smallest absolute Gasteiger partial charge is 0.277 e. The van der Waals surface area contributed by atoms with Gasteiger partial charge in [-0.3, -0.25) is 9.48 Å². The first-order valence-corrected chi connectivity index (χ1v) is 9.76. The van der Waals surface area contributed by atoms with Crippen LogP contribution >= 0.6 is 11.6 Å². The molecule has 152 valence electrons. The van der Waals surface area contributed by atoms with Crippen molar-refractivity contribution in [3.05, 3.63) is 94.9 Å². The molecule has 30 heavy (non-hydrogen) atoms. The quantitative estimate of drug-likeness (QED) is 0.480. The highest BCUT2D eigenvalue weighted by Crippen LogP contribution is 2.21. The number of halogens is 1. The molecular formula is C22H20ClN5O2. The fourth-order valence-electron chi connectivity index (χ4n) is 2.87. The zero-order chi connectivity index (χ0) is 20.9. The molecule has 7 nitrogen and oxygen atoms in total. The summed E-state index contributed by atoms with van der Waals surface area (Å²) in [7, 11) is 0. The van der Waals surface area contributed by atoms with Crippen molar-refractivity contribution in [2.75, 3.05) is 5.32 Å². The van der Waals surface area contributed by atoms with Crippen molar-refractivity contribution in [1.29, 1.82) is 0 Å². The van der Waals surface area contributed by atoms with Gasteiger partial charge in [0.2, 0.25) is 0 Å². The number of carbonyl (C=O) groups excluding carboxylic acids is 1. The lowest BCUT2D eigenvalue weighted by Gasteiger charge is -2.07. The van der Waals surface area contributed by atoms with E-state index in [0.29, 0.717) is 23.1 Å². The van der Waals surface area contributed by atoms with Gasteiger partial charge < -0.3 is 10.1 Å². The van der Waals surface area contributed by atoms with E-state index in [2.05, 4.69) is 15.5 Å². The minimum Gasteiger partial charge on any atom is -0.471 e. The Bertz CT molecular complexity index is 1150. The van der Waals surface area contributed by atoms with Crippen LogP contribution in [0.1, 0.15) is 21.6 Å². The van der Waals surface area contributed by atoms with Crippen LogP contribution in [-0.2, 0) is 13.3 Å². The largest absolute Gasteiger partial charge is 0.471 e. The number of nitrogens with zero attached hydrogens (tertiary/aromatic N) is 4. The molecule has 8 heteroatoms. The first-order chi connectivity index (χ1) is 14.6. The minimum absolute atomic E-state index is 0.181. The predicted molar refractivity (Wildman–Crippen MR) is 115 cm³/mol.